The molecule has 1 amide bonds. The zero-order chi connectivity index (χ0) is 18.3. The molecule has 0 saturated carbocycles. The number of carbonyl (C=O) groups is 1. The third-order valence-electron chi connectivity index (χ3n) is 3.48. The maximum absolute atomic E-state index is 12.3. The van der Waals surface area contributed by atoms with Gasteiger partial charge in [-0.05, 0) is 57.4 Å². The zero-order valence-corrected chi connectivity index (χ0v) is 15.2. The van der Waals surface area contributed by atoms with E-state index >= 15 is 0 Å². The first-order valence-electron chi connectivity index (χ1n) is 7.93. The molecule has 2 rings (SSSR count). The maximum Gasteiger partial charge on any atom is 0.251 e. The van der Waals surface area contributed by atoms with Crippen molar-refractivity contribution in [1.82, 2.24) is 14.9 Å². The average molecular weight is 365 g/mol. The zero-order valence-electron chi connectivity index (χ0n) is 14.4. The first kappa shape index (κ1) is 19.2. The number of hydrogen-bond acceptors (Lipinski definition) is 5. The van der Waals surface area contributed by atoms with Crippen LogP contribution in [0.1, 0.15) is 22.5 Å². The van der Waals surface area contributed by atoms with E-state index in [-0.39, 0.29) is 22.9 Å². The molecular formula is C17H23N3O4S. The van der Waals surface area contributed by atoms with Crippen molar-refractivity contribution in [1.29, 1.82) is 0 Å². The number of nitrogens with one attached hydrogen (secondary N) is 2. The van der Waals surface area contributed by atoms with Crippen LogP contribution in [0.15, 0.2) is 52.0 Å². The van der Waals surface area contributed by atoms with Crippen LogP contribution in [-0.4, -0.2) is 46.4 Å². The molecule has 0 fully saturated rings. The highest BCUT2D eigenvalue weighted by Gasteiger charge is 2.16. The lowest BCUT2D eigenvalue weighted by atomic mass is 10.2. The largest absolute Gasteiger partial charge is 0.467 e. The Morgan fingerprint density at radius 3 is 2.68 bits per heavy atom. The lowest BCUT2D eigenvalue weighted by Gasteiger charge is -2.11. The summed E-state index contributed by atoms with van der Waals surface area (Å²) in [4.78, 5) is 14.2. The van der Waals surface area contributed by atoms with Gasteiger partial charge in [0.15, 0.2) is 0 Å². The molecule has 0 spiro atoms. The van der Waals surface area contributed by atoms with Crippen molar-refractivity contribution in [2.45, 2.75) is 17.9 Å². The van der Waals surface area contributed by atoms with E-state index in [9.17, 15) is 13.2 Å². The van der Waals surface area contributed by atoms with E-state index in [4.69, 9.17) is 4.42 Å². The number of amides is 1. The molecule has 136 valence electrons. The summed E-state index contributed by atoms with van der Waals surface area (Å²) in [5.74, 6) is 0.265. The second-order valence-corrected chi connectivity index (χ2v) is 7.61. The molecule has 1 aromatic heterocycles. The minimum Gasteiger partial charge on any atom is -0.467 e. The van der Waals surface area contributed by atoms with E-state index in [0.29, 0.717) is 18.7 Å². The first-order chi connectivity index (χ1) is 11.9. The molecule has 1 heterocycles. The Hall–Kier alpha value is -2.16. The molecule has 0 unspecified atom stereocenters. The SMILES string of the molecule is CN(C)CCCNS(=O)(=O)c1cccc(C(=O)NCc2ccco2)c1. The molecule has 0 bridgehead atoms. The van der Waals surface area contributed by atoms with E-state index in [1.807, 2.05) is 19.0 Å². The second kappa shape index (κ2) is 8.80. The van der Waals surface area contributed by atoms with Crippen molar-refractivity contribution >= 4 is 15.9 Å². The van der Waals surface area contributed by atoms with Crippen LogP contribution in [-0.2, 0) is 16.6 Å². The minimum atomic E-state index is -3.64. The summed E-state index contributed by atoms with van der Waals surface area (Å²) in [7, 11) is 0.220. The molecule has 0 saturated heterocycles. The smallest absolute Gasteiger partial charge is 0.251 e. The van der Waals surface area contributed by atoms with E-state index in [2.05, 4.69) is 10.0 Å². The predicted octanol–water partition coefficient (Wildman–Crippen LogP) is 1.44. The highest BCUT2D eigenvalue weighted by molar-refractivity contribution is 7.89. The standard InChI is InChI=1S/C17H23N3O4S/c1-20(2)10-5-9-19-25(22,23)16-8-3-6-14(12-16)17(21)18-13-15-7-4-11-24-15/h3-4,6-8,11-12,19H,5,9-10,13H2,1-2H3,(H,18,21). The number of hydrogen-bond donors (Lipinski definition) is 2. The van der Waals surface area contributed by atoms with Crippen LogP contribution < -0.4 is 10.0 Å². The van der Waals surface area contributed by atoms with Gasteiger partial charge in [-0.15, -0.1) is 0 Å². The second-order valence-electron chi connectivity index (χ2n) is 5.84. The molecule has 0 aliphatic rings. The quantitative estimate of drug-likeness (QED) is 0.656. The van der Waals surface area contributed by atoms with Gasteiger partial charge in [0.2, 0.25) is 10.0 Å². The van der Waals surface area contributed by atoms with Crippen molar-refractivity contribution in [2.24, 2.45) is 0 Å². The minimum absolute atomic E-state index is 0.0722. The summed E-state index contributed by atoms with van der Waals surface area (Å²) >= 11 is 0. The Morgan fingerprint density at radius 2 is 2.00 bits per heavy atom. The van der Waals surface area contributed by atoms with Gasteiger partial charge in [-0.2, -0.15) is 0 Å². The van der Waals surface area contributed by atoms with Gasteiger partial charge in [0, 0.05) is 12.1 Å². The molecule has 1 aromatic carbocycles. The van der Waals surface area contributed by atoms with Crippen molar-refractivity contribution in [2.75, 3.05) is 27.2 Å². The highest BCUT2D eigenvalue weighted by Crippen LogP contribution is 2.12. The van der Waals surface area contributed by atoms with Crippen LogP contribution in [0.2, 0.25) is 0 Å². The van der Waals surface area contributed by atoms with Gasteiger partial charge in [0.25, 0.3) is 5.91 Å². The molecule has 2 aromatic rings. The Kier molecular flexibility index (Phi) is 6.74. The number of sulfonamides is 1. The summed E-state index contributed by atoms with van der Waals surface area (Å²) in [6.07, 6.45) is 2.23. The fourth-order valence-electron chi connectivity index (χ4n) is 2.17. The van der Waals surface area contributed by atoms with Crippen molar-refractivity contribution in [3.8, 4) is 0 Å². The summed E-state index contributed by atoms with van der Waals surface area (Å²) in [5.41, 5.74) is 0.280. The average Bonchev–Trinajstić information content (AvgIpc) is 3.10. The number of benzene rings is 1. The van der Waals surface area contributed by atoms with Gasteiger partial charge in [-0.3, -0.25) is 4.79 Å². The first-order valence-corrected chi connectivity index (χ1v) is 9.42. The maximum atomic E-state index is 12.3. The lowest BCUT2D eigenvalue weighted by molar-refractivity contribution is 0.0948. The molecule has 0 aliphatic carbocycles. The van der Waals surface area contributed by atoms with E-state index in [1.165, 1.54) is 18.4 Å². The third kappa shape index (κ3) is 6.00. The lowest BCUT2D eigenvalue weighted by Crippen LogP contribution is -2.28. The molecule has 0 aliphatic heterocycles. The van der Waals surface area contributed by atoms with E-state index < -0.39 is 10.0 Å². The van der Waals surface area contributed by atoms with Crippen molar-refractivity contribution < 1.29 is 17.6 Å². The summed E-state index contributed by atoms with van der Waals surface area (Å²) < 4.78 is 32.3. The van der Waals surface area contributed by atoms with Gasteiger partial charge in [0.1, 0.15) is 5.76 Å². The van der Waals surface area contributed by atoms with Gasteiger partial charge in [0.05, 0.1) is 17.7 Å². The molecule has 8 heteroatoms. The number of rotatable bonds is 9. The molecule has 7 nitrogen and oxygen atoms in total. The Labute approximate surface area is 148 Å². The predicted molar refractivity (Wildman–Crippen MR) is 94.7 cm³/mol. The summed E-state index contributed by atoms with van der Waals surface area (Å²) in [5, 5.41) is 2.69. The van der Waals surface area contributed by atoms with Crippen LogP contribution in [0.25, 0.3) is 0 Å². The van der Waals surface area contributed by atoms with Gasteiger partial charge in [-0.1, -0.05) is 6.07 Å². The summed E-state index contributed by atoms with van der Waals surface area (Å²) in [6, 6.07) is 9.44. The molecule has 0 atom stereocenters. The molecule has 0 radical (unpaired) electrons. The fourth-order valence-corrected chi connectivity index (χ4v) is 3.29. The van der Waals surface area contributed by atoms with Gasteiger partial charge in [-0.25, -0.2) is 13.1 Å². The fraction of sp³-hybridized carbons (Fsp3) is 0.353. The van der Waals surface area contributed by atoms with Crippen LogP contribution in [0, 0.1) is 0 Å². The van der Waals surface area contributed by atoms with Crippen molar-refractivity contribution in [3.05, 3.63) is 54.0 Å². The Bertz CT molecular complexity index is 786. The molecule has 25 heavy (non-hydrogen) atoms. The van der Waals surface area contributed by atoms with Crippen LogP contribution >= 0.6 is 0 Å². The van der Waals surface area contributed by atoms with E-state index in [1.54, 1.807) is 24.3 Å². The van der Waals surface area contributed by atoms with Crippen molar-refractivity contribution in [3.63, 3.8) is 0 Å². The highest BCUT2D eigenvalue weighted by atomic mass is 32.2. The number of nitrogens with zero attached hydrogens (tertiary/aromatic N) is 1. The topological polar surface area (TPSA) is 91.7 Å². The number of furan rings is 1. The van der Waals surface area contributed by atoms with Crippen LogP contribution in [0.5, 0.6) is 0 Å². The van der Waals surface area contributed by atoms with Crippen LogP contribution in [0.3, 0.4) is 0 Å². The number of carbonyl (C=O) groups excluding carboxylic acids is 1. The third-order valence-corrected chi connectivity index (χ3v) is 4.94. The van der Waals surface area contributed by atoms with Gasteiger partial charge >= 0.3 is 0 Å². The van der Waals surface area contributed by atoms with Gasteiger partial charge < -0.3 is 14.6 Å². The molecular weight excluding hydrogens is 342 g/mol. The Balaban J connectivity index is 1.98. The summed E-state index contributed by atoms with van der Waals surface area (Å²) in [6.45, 7) is 1.37. The monoisotopic (exact) mass is 365 g/mol. The normalized spacial score (nSPS) is 11.6. The molecule has 2 N–H and O–H groups in total. The van der Waals surface area contributed by atoms with E-state index in [0.717, 1.165) is 6.54 Å². The van der Waals surface area contributed by atoms with Crippen LogP contribution in [0.4, 0.5) is 0 Å². The Morgan fingerprint density at radius 1 is 1.20 bits per heavy atom.